The Balaban J connectivity index is 1.53. The Morgan fingerprint density at radius 2 is 2.08 bits per heavy atom. The van der Waals surface area contributed by atoms with Crippen LogP contribution in [0, 0.1) is 0 Å². The fourth-order valence-corrected chi connectivity index (χ4v) is 3.20. The SMILES string of the molecule is Clc1cccc(Nc2ncc(CN3CCOCC3)c(C3CC3)n2)c1. The molecule has 2 aliphatic rings. The molecule has 0 spiro atoms. The van der Waals surface area contributed by atoms with E-state index in [1.165, 1.54) is 24.1 Å². The number of anilines is 2. The van der Waals surface area contributed by atoms with Gasteiger partial charge in [-0.15, -0.1) is 0 Å². The van der Waals surface area contributed by atoms with E-state index in [0.29, 0.717) is 16.9 Å². The smallest absolute Gasteiger partial charge is 0.227 e. The van der Waals surface area contributed by atoms with Crippen LogP contribution in [-0.4, -0.2) is 41.2 Å². The maximum atomic E-state index is 6.04. The molecule has 1 aromatic heterocycles. The van der Waals surface area contributed by atoms with Gasteiger partial charge in [-0.25, -0.2) is 9.97 Å². The average Bonchev–Trinajstić information content (AvgIpc) is 3.42. The van der Waals surface area contributed by atoms with Gasteiger partial charge in [-0.05, 0) is 31.0 Å². The van der Waals surface area contributed by atoms with E-state index < -0.39 is 0 Å². The summed E-state index contributed by atoms with van der Waals surface area (Å²) < 4.78 is 5.43. The summed E-state index contributed by atoms with van der Waals surface area (Å²) in [5.41, 5.74) is 3.35. The molecule has 2 heterocycles. The molecule has 0 amide bonds. The number of hydrogen-bond acceptors (Lipinski definition) is 5. The second kappa shape index (κ2) is 7.05. The Morgan fingerprint density at radius 3 is 2.83 bits per heavy atom. The van der Waals surface area contributed by atoms with E-state index in [1.807, 2.05) is 30.5 Å². The van der Waals surface area contributed by atoms with Gasteiger partial charge in [0.25, 0.3) is 0 Å². The molecule has 1 saturated heterocycles. The van der Waals surface area contributed by atoms with Crippen molar-refractivity contribution < 1.29 is 4.74 Å². The van der Waals surface area contributed by atoms with Crippen molar-refractivity contribution in [3.63, 3.8) is 0 Å². The largest absolute Gasteiger partial charge is 0.379 e. The summed E-state index contributed by atoms with van der Waals surface area (Å²) in [7, 11) is 0. The summed E-state index contributed by atoms with van der Waals surface area (Å²) in [4.78, 5) is 11.7. The minimum Gasteiger partial charge on any atom is -0.379 e. The van der Waals surface area contributed by atoms with Crippen molar-refractivity contribution in [1.82, 2.24) is 14.9 Å². The van der Waals surface area contributed by atoms with Crippen LogP contribution in [-0.2, 0) is 11.3 Å². The van der Waals surface area contributed by atoms with Gasteiger partial charge in [0.15, 0.2) is 0 Å². The fourth-order valence-electron chi connectivity index (χ4n) is 3.01. The highest BCUT2D eigenvalue weighted by Crippen LogP contribution is 2.41. The number of hydrogen-bond donors (Lipinski definition) is 1. The van der Waals surface area contributed by atoms with Gasteiger partial charge < -0.3 is 10.1 Å². The van der Waals surface area contributed by atoms with Crippen molar-refractivity contribution in [3.8, 4) is 0 Å². The standard InChI is InChI=1S/C18H21ClN4O/c19-15-2-1-3-16(10-15)21-18-20-11-14(17(22-18)13-4-5-13)12-23-6-8-24-9-7-23/h1-3,10-11,13H,4-9,12H2,(H,20,21,22). The van der Waals surface area contributed by atoms with Crippen LogP contribution in [0.3, 0.4) is 0 Å². The van der Waals surface area contributed by atoms with E-state index in [1.54, 1.807) is 0 Å². The zero-order valence-electron chi connectivity index (χ0n) is 13.5. The van der Waals surface area contributed by atoms with E-state index in [-0.39, 0.29) is 0 Å². The van der Waals surface area contributed by atoms with Crippen LogP contribution in [0.4, 0.5) is 11.6 Å². The number of rotatable bonds is 5. The van der Waals surface area contributed by atoms with E-state index in [2.05, 4.69) is 15.2 Å². The number of halogens is 1. The Bertz CT molecular complexity index is 714. The minimum atomic E-state index is 0.587. The number of aromatic nitrogens is 2. The Hall–Kier alpha value is -1.69. The summed E-state index contributed by atoms with van der Waals surface area (Å²) in [5, 5.41) is 3.96. The topological polar surface area (TPSA) is 50.3 Å². The van der Waals surface area contributed by atoms with Gasteiger partial charge in [0, 0.05) is 48.0 Å². The Labute approximate surface area is 147 Å². The third-order valence-corrected chi connectivity index (χ3v) is 4.68. The Kier molecular flexibility index (Phi) is 4.65. The molecule has 2 aromatic rings. The third kappa shape index (κ3) is 3.86. The lowest BCUT2D eigenvalue weighted by atomic mass is 10.1. The highest BCUT2D eigenvalue weighted by molar-refractivity contribution is 6.30. The van der Waals surface area contributed by atoms with E-state index >= 15 is 0 Å². The van der Waals surface area contributed by atoms with Gasteiger partial charge in [0.1, 0.15) is 0 Å². The summed E-state index contributed by atoms with van der Waals surface area (Å²) >= 11 is 6.04. The quantitative estimate of drug-likeness (QED) is 0.898. The molecular formula is C18H21ClN4O. The highest BCUT2D eigenvalue weighted by Gasteiger charge is 2.29. The Morgan fingerprint density at radius 1 is 1.25 bits per heavy atom. The van der Waals surface area contributed by atoms with E-state index in [9.17, 15) is 0 Å². The van der Waals surface area contributed by atoms with Crippen LogP contribution in [0.5, 0.6) is 0 Å². The molecule has 5 nitrogen and oxygen atoms in total. The van der Waals surface area contributed by atoms with Gasteiger partial charge in [0.05, 0.1) is 18.9 Å². The first-order chi connectivity index (χ1) is 11.8. The second-order valence-corrected chi connectivity index (χ2v) is 6.84. The molecule has 1 N–H and O–H groups in total. The van der Waals surface area contributed by atoms with Crippen LogP contribution in [0.15, 0.2) is 30.5 Å². The first-order valence-electron chi connectivity index (χ1n) is 8.46. The van der Waals surface area contributed by atoms with Crippen molar-refractivity contribution in [2.24, 2.45) is 0 Å². The summed E-state index contributed by atoms with van der Waals surface area (Å²) in [6.07, 6.45) is 4.43. The van der Waals surface area contributed by atoms with E-state index in [0.717, 1.165) is 38.5 Å². The molecule has 0 atom stereocenters. The van der Waals surface area contributed by atoms with Crippen molar-refractivity contribution in [3.05, 3.63) is 46.7 Å². The van der Waals surface area contributed by atoms with Crippen molar-refractivity contribution in [2.45, 2.75) is 25.3 Å². The fraction of sp³-hybridized carbons (Fsp3) is 0.444. The number of benzene rings is 1. The van der Waals surface area contributed by atoms with Crippen LogP contribution in [0.1, 0.15) is 30.0 Å². The number of morpholine rings is 1. The van der Waals surface area contributed by atoms with Crippen LogP contribution >= 0.6 is 11.6 Å². The second-order valence-electron chi connectivity index (χ2n) is 6.40. The van der Waals surface area contributed by atoms with Gasteiger partial charge in [-0.2, -0.15) is 0 Å². The summed E-state index contributed by atoms with van der Waals surface area (Å²) in [5.74, 6) is 1.23. The lowest BCUT2D eigenvalue weighted by Crippen LogP contribution is -2.36. The lowest BCUT2D eigenvalue weighted by molar-refractivity contribution is 0.0340. The first kappa shape index (κ1) is 15.8. The monoisotopic (exact) mass is 344 g/mol. The van der Waals surface area contributed by atoms with Gasteiger partial charge >= 0.3 is 0 Å². The number of nitrogens with zero attached hydrogens (tertiary/aromatic N) is 3. The third-order valence-electron chi connectivity index (χ3n) is 4.44. The van der Waals surface area contributed by atoms with Gasteiger partial charge in [0.2, 0.25) is 5.95 Å². The highest BCUT2D eigenvalue weighted by atomic mass is 35.5. The van der Waals surface area contributed by atoms with Crippen molar-refractivity contribution in [2.75, 3.05) is 31.6 Å². The van der Waals surface area contributed by atoms with Crippen LogP contribution in [0.25, 0.3) is 0 Å². The van der Waals surface area contributed by atoms with Crippen molar-refractivity contribution in [1.29, 1.82) is 0 Å². The molecule has 24 heavy (non-hydrogen) atoms. The molecule has 1 saturated carbocycles. The van der Waals surface area contributed by atoms with Crippen molar-refractivity contribution >= 4 is 23.2 Å². The minimum absolute atomic E-state index is 0.587. The van der Waals surface area contributed by atoms with E-state index in [4.69, 9.17) is 21.3 Å². The molecule has 6 heteroatoms. The molecule has 1 aliphatic heterocycles. The van der Waals surface area contributed by atoms with Gasteiger partial charge in [-0.3, -0.25) is 4.90 Å². The summed E-state index contributed by atoms with van der Waals surface area (Å²) in [6.45, 7) is 4.49. The number of ether oxygens (including phenoxy) is 1. The van der Waals surface area contributed by atoms with Crippen LogP contribution in [0.2, 0.25) is 5.02 Å². The number of nitrogens with one attached hydrogen (secondary N) is 1. The van der Waals surface area contributed by atoms with Crippen LogP contribution < -0.4 is 5.32 Å². The molecular weight excluding hydrogens is 324 g/mol. The molecule has 0 radical (unpaired) electrons. The maximum absolute atomic E-state index is 6.04. The molecule has 2 fully saturated rings. The molecule has 1 aromatic carbocycles. The normalized spacial score (nSPS) is 18.5. The molecule has 0 unspecified atom stereocenters. The lowest BCUT2D eigenvalue weighted by Gasteiger charge is -2.27. The predicted octanol–water partition coefficient (Wildman–Crippen LogP) is 3.58. The zero-order chi connectivity index (χ0) is 16.4. The first-order valence-corrected chi connectivity index (χ1v) is 8.84. The molecule has 126 valence electrons. The zero-order valence-corrected chi connectivity index (χ0v) is 14.3. The average molecular weight is 345 g/mol. The molecule has 4 rings (SSSR count). The molecule has 1 aliphatic carbocycles. The predicted molar refractivity (Wildman–Crippen MR) is 94.8 cm³/mol. The molecule has 0 bridgehead atoms. The maximum Gasteiger partial charge on any atom is 0.227 e. The summed E-state index contributed by atoms with van der Waals surface area (Å²) in [6, 6.07) is 7.62. The van der Waals surface area contributed by atoms with Gasteiger partial charge in [-0.1, -0.05) is 17.7 Å².